The second-order valence-corrected chi connectivity index (χ2v) is 8.23. The maximum absolute atomic E-state index is 12.6. The molecule has 3 atom stereocenters. The Labute approximate surface area is 187 Å². The minimum absolute atomic E-state index is 0.0495. The summed E-state index contributed by atoms with van der Waals surface area (Å²) < 4.78 is 11.0. The first-order valence-electron chi connectivity index (χ1n) is 9.74. The van der Waals surface area contributed by atoms with E-state index < -0.39 is 23.0 Å². The molecule has 0 bridgehead atoms. The number of nitrogens with zero attached hydrogens (tertiary/aromatic N) is 3. The number of β-lactam (4-membered cyclic amide) rings is 1. The largest absolute Gasteiger partial charge is 0.487 e. The summed E-state index contributed by atoms with van der Waals surface area (Å²) in [5.41, 5.74) is 0.546. The monoisotopic (exact) mass is 453 g/mol. The number of carbonyl (C=O) groups is 2. The standard InChI is InChI=1S/C22H19N3O6S/c1-2-17(22(27)31-12-14-8-10-15(11-9-14)25(28)29)24-20(26)19-21(24)32-18(23-19)13-30-16-6-4-3-5-7-16/h2-11,17,19,21H,1,12-13H2. The number of amides is 1. The van der Waals surface area contributed by atoms with Crippen molar-refractivity contribution in [2.45, 2.75) is 24.1 Å². The summed E-state index contributed by atoms with van der Waals surface area (Å²) in [5, 5.41) is 11.1. The zero-order valence-corrected chi connectivity index (χ0v) is 17.6. The van der Waals surface area contributed by atoms with E-state index in [-0.39, 0.29) is 30.2 Å². The first kappa shape index (κ1) is 21.6. The van der Waals surface area contributed by atoms with Crippen molar-refractivity contribution in [1.29, 1.82) is 0 Å². The van der Waals surface area contributed by atoms with Crippen molar-refractivity contribution in [3.05, 3.63) is 82.9 Å². The molecule has 9 nitrogen and oxygen atoms in total. The van der Waals surface area contributed by atoms with Gasteiger partial charge in [0.05, 0.1) is 4.92 Å². The van der Waals surface area contributed by atoms with Gasteiger partial charge < -0.3 is 14.4 Å². The van der Waals surface area contributed by atoms with Crippen molar-refractivity contribution in [3.8, 4) is 5.75 Å². The normalized spacial score (nSPS) is 19.9. The van der Waals surface area contributed by atoms with Crippen molar-refractivity contribution >= 4 is 34.4 Å². The summed E-state index contributed by atoms with van der Waals surface area (Å²) in [4.78, 5) is 41.3. The number of nitro groups is 1. The van der Waals surface area contributed by atoms with Crippen LogP contribution in [0.5, 0.6) is 5.75 Å². The van der Waals surface area contributed by atoms with Gasteiger partial charge in [0.15, 0.2) is 6.04 Å². The first-order valence-corrected chi connectivity index (χ1v) is 10.6. The maximum Gasteiger partial charge on any atom is 0.333 e. The highest BCUT2D eigenvalue weighted by molar-refractivity contribution is 8.15. The fraction of sp³-hybridized carbons (Fsp3) is 0.227. The molecular formula is C22H19N3O6S. The lowest BCUT2D eigenvalue weighted by atomic mass is 10.0. The Bertz CT molecular complexity index is 1070. The molecule has 0 aromatic heterocycles. The number of nitro benzene ring substituents is 1. The highest BCUT2D eigenvalue weighted by atomic mass is 32.2. The second kappa shape index (κ2) is 9.23. The molecule has 2 aliphatic heterocycles. The van der Waals surface area contributed by atoms with Crippen LogP contribution in [-0.2, 0) is 20.9 Å². The smallest absolute Gasteiger partial charge is 0.333 e. The molecule has 2 aliphatic rings. The zero-order valence-electron chi connectivity index (χ0n) is 16.8. The van der Waals surface area contributed by atoms with Crippen molar-refractivity contribution in [1.82, 2.24) is 4.90 Å². The predicted molar refractivity (Wildman–Crippen MR) is 118 cm³/mol. The van der Waals surface area contributed by atoms with Crippen LogP contribution in [0.1, 0.15) is 5.56 Å². The van der Waals surface area contributed by atoms with Crippen LogP contribution in [-0.4, -0.2) is 50.8 Å². The average Bonchev–Trinajstić information content (AvgIpc) is 3.19. The Morgan fingerprint density at radius 1 is 1.22 bits per heavy atom. The lowest BCUT2D eigenvalue weighted by Crippen LogP contribution is -2.65. The number of benzene rings is 2. The van der Waals surface area contributed by atoms with Crippen LogP contribution >= 0.6 is 11.8 Å². The molecule has 2 aromatic rings. The number of rotatable bonds is 9. The molecule has 2 aromatic carbocycles. The van der Waals surface area contributed by atoms with Crippen LogP contribution in [0.4, 0.5) is 5.69 Å². The predicted octanol–water partition coefficient (Wildman–Crippen LogP) is 2.95. The van der Waals surface area contributed by atoms with Crippen molar-refractivity contribution < 1.29 is 24.0 Å². The Balaban J connectivity index is 1.32. The average molecular weight is 453 g/mol. The van der Waals surface area contributed by atoms with Crippen molar-refractivity contribution in [3.63, 3.8) is 0 Å². The van der Waals surface area contributed by atoms with Gasteiger partial charge in [0.2, 0.25) is 0 Å². The molecule has 0 saturated carbocycles. The Kier molecular flexibility index (Phi) is 6.22. The van der Waals surface area contributed by atoms with Gasteiger partial charge in [-0.05, 0) is 29.8 Å². The van der Waals surface area contributed by atoms with Gasteiger partial charge in [-0.2, -0.15) is 0 Å². The summed E-state index contributed by atoms with van der Waals surface area (Å²) in [6, 6.07) is 13.5. The molecular weight excluding hydrogens is 434 g/mol. The van der Waals surface area contributed by atoms with Crippen molar-refractivity contribution in [2.75, 3.05) is 6.61 Å². The fourth-order valence-corrected chi connectivity index (χ4v) is 4.58. The summed E-state index contributed by atoms with van der Waals surface area (Å²) >= 11 is 1.38. The highest BCUT2D eigenvalue weighted by Gasteiger charge is 2.55. The van der Waals surface area contributed by atoms with E-state index in [4.69, 9.17) is 9.47 Å². The molecule has 0 N–H and O–H groups in total. The van der Waals surface area contributed by atoms with Crippen LogP contribution in [0, 0.1) is 10.1 Å². The number of para-hydroxylation sites is 1. The number of non-ortho nitro benzene ring substituents is 1. The molecule has 1 amide bonds. The van der Waals surface area contributed by atoms with Crippen LogP contribution in [0.2, 0.25) is 0 Å². The van der Waals surface area contributed by atoms with Crippen LogP contribution in [0.15, 0.2) is 72.2 Å². The summed E-state index contributed by atoms with van der Waals surface area (Å²) in [7, 11) is 0. The molecule has 1 fully saturated rings. The number of thioether (sulfide) groups is 1. The highest BCUT2D eigenvalue weighted by Crippen LogP contribution is 2.40. The van der Waals surface area contributed by atoms with Gasteiger partial charge in [0.25, 0.3) is 11.6 Å². The van der Waals surface area contributed by atoms with E-state index in [0.717, 1.165) is 0 Å². The number of hydrogen-bond donors (Lipinski definition) is 0. The van der Waals surface area contributed by atoms with Gasteiger partial charge >= 0.3 is 5.97 Å². The number of carbonyl (C=O) groups excluding carboxylic acids is 2. The van der Waals surface area contributed by atoms with Gasteiger partial charge in [0.1, 0.15) is 35.4 Å². The van der Waals surface area contributed by atoms with Gasteiger partial charge in [-0.1, -0.05) is 36.0 Å². The molecule has 1 saturated heterocycles. The number of aliphatic imine (C=N–C) groups is 1. The van der Waals surface area contributed by atoms with E-state index in [2.05, 4.69) is 11.6 Å². The molecule has 0 radical (unpaired) electrons. The van der Waals surface area contributed by atoms with Gasteiger partial charge in [-0.25, -0.2) is 4.79 Å². The third-order valence-electron chi connectivity index (χ3n) is 4.99. The van der Waals surface area contributed by atoms with E-state index in [0.29, 0.717) is 16.4 Å². The number of likely N-dealkylation sites (tertiary alicyclic amines) is 1. The third-order valence-corrected chi connectivity index (χ3v) is 6.21. The Hall–Kier alpha value is -3.66. The second-order valence-electron chi connectivity index (χ2n) is 7.04. The van der Waals surface area contributed by atoms with E-state index in [1.54, 1.807) is 0 Å². The molecule has 10 heteroatoms. The molecule has 4 rings (SSSR count). The maximum atomic E-state index is 12.6. The van der Waals surface area contributed by atoms with Crippen molar-refractivity contribution in [2.24, 2.45) is 4.99 Å². The number of esters is 1. The van der Waals surface area contributed by atoms with Crippen LogP contribution in [0.3, 0.4) is 0 Å². The molecule has 3 unspecified atom stereocenters. The number of hydrogen-bond acceptors (Lipinski definition) is 8. The lowest BCUT2D eigenvalue weighted by molar-refractivity contribution is -0.384. The SMILES string of the molecule is C=CC(C(=O)OCc1ccc([N+](=O)[O-])cc1)N1C(=O)C2N=C(COc3ccccc3)SC21. The first-order chi connectivity index (χ1) is 15.5. The fourth-order valence-electron chi connectivity index (χ4n) is 3.34. The summed E-state index contributed by atoms with van der Waals surface area (Å²) in [6.07, 6.45) is 1.37. The quantitative estimate of drug-likeness (QED) is 0.189. The molecule has 0 aliphatic carbocycles. The number of ether oxygens (including phenoxy) is 2. The van der Waals surface area contributed by atoms with Gasteiger partial charge in [0, 0.05) is 12.1 Å². The van der Waals surface area contributed by atoms with E-state index in [1.165, 1.54) is 47.0 Å². The molecule has 2 heterocycles. The number of fused-ring (bicyclic) bond motifs is 1. The van der Waals surface area contributed by atoms with Crippen LogP contribution < -0.4 is 4.74 Å². The van der Waals surface area contributed by atoms with Gasteiger partial charge in [-0.3, -0.25) is 19.9 Å². The minimum Gasteiger partial charge on any atom is -0.487 e. The third kappa shape index (κ3) is 4.35. The molecule has 164 valence electrons. The minimum atomic E-state index is -0.945. The van der Waals surface area contributed by atoms with Gasteiger partial charge in [-0.15, -0.1) is 6.58 Å². The Morgan fingerprint density at radius 3 is 2.59 bits per heavy atom. The van der Waals surface area contributed by atoms with Crippen LogP contribution in [0.25, 0.3) is 0 Å². The lowest BCUT2D eigenvalue weighted by Gasteiger charge is -2.43. The summed E-state index contributed by atoms with van der Waals surface area (Å²) in [5.74, 6) is -0.189. The zero-order chi connectivity index (χ0) is 22.7. The molecule has 0 spiro atoms. The van der Waals surface area contributed by atoms with E-state index >= 15 is 0 Å². The van der Waals surface area contributed by atoms with E-state index in [1.807, 2.05) is 30.3 Å². The summed E-state index contributed by atoms with van der Waals surface area (Å²) in [6.45, 7) is 3.84. The topological polar surface area (TPSA) is 111 Å². The molecule has 32 heavy (non-hydrogen) atoms. The Morgan fingerprint density at radius 2 is 1.94 bits per heavy atom. The van der Waals surface area contributed by atoms with E-state index in [9.17, 15) is 19.7 Å².